The van der Waals surface area contributed by atoms with Gasteiger partial charge in [0.1, 0.15) is 17.1 Å². The van der Waals surface area contributed by atoms with Gasteiger partial charge < -0.3 is 9.52 Å². The van der Waals surface area contributed by atoms with Crippen molar-refractivity contribution >= 4 is 11.0 Å². The Morgan fingerprint density at radius 2 is 2.08 bits per heavy atom. The molecular weight excluding hydrogens is 298 g/mol. The molecule has 2 unspecified atom stereocenters. The predicted octanol–water partition coefficient (Wildman–Crippen LogP) is 4.68. The Bertz CT molecular complexity index is 779. The van der Waals surface area contributed by atoms with E-state index in [2.05, 4.69) is 18.7 Å². The van der Waals surface area contributed by atoms with Crippen molar-refractivity contribution in [3.63, 3.8) is 0 Å². The summed E-state index contributed by atoms with van der Waals surface area (Å²) in [7, 11) is 0. The number of phenolic OH excluding ortho intramolecular Hbond substituents is 1. The van der Waals surface area contributed by atoms with Crippen LogP contribution in [0.3, 0.4) is 0 Å². The van der Waals surface area contributed by atoms with Crippen LogP contribution in [0.25, 0.3) is 11.0 Å². The zero-order valence-electron chi connectivity index (χ0n) is 14.7. The molecule has 1 saturated carbocycles. The molecule has 6 atom stereocenters. The van der Waals surface area contributed by atoms with E-state index in [4.69, 9.17) is 4.42 Å². The first-order valence-electron chi connectivity index (χ1n) is 9.69. The monoisotopic (exact) mass is 325 g/mol. The molecule has 1 aromatic carbocycles. The average Bonchev–Trinajstić information content (AvgIpc) is 2.92. The maximum atomic E-state index is 9.96. The van der Waals surface area contributed by atoms with E-state index in [0.29, 0.717) is 23.8 Å². The molecule has 2 aromatic rings. The fourth-order valence-corrected chi connectivity index (χ4v) is 6.02. The summed E-state index contributed by atoms with van der Waals surface area (Å²) in [5.41, 5.74) is 2.33. The van der Waals surface area contributed by atoms with E-state index in [9.17, 15) is 5.11 Å². The number of fused-ring (bicyclic) bond motifs is 4. The minimum Gasteiger partial charge on any atom is -0.508 e. The maximum absolute atomic E-state index is 9.96. The lowest BCUT2D eigenvalue weighted by molar-refractivity contribution is -0.0432. The molecule has 1 N–H and O–H groups in total. The lowest BCUT2D eigenvalue weighted by atomic mass is 9.65. The van der Waals surface area contributed by atoms with Crippen LogP contribution in [0, 0.1) is 11.8 Å². The van der Waals surface area contributed by atoms with E-state index in [1.807, 2.05) is 12.1 Å². The summed E-state index contributed by atoms with van der Waals surface area (Å²) in [5, 5.41) is 11.1. The van der Waals surface area contributed by atoms with Crippen molar-refractivity contribution in [1.29, 1.82) is 0 Å². The van der Waals surface area contributed by atoms with Gasteiger partial charge in [-0.3, -0.25) is 4.90 Å². The van der Waals surface area contributed by atoms with Crippen molar-refractivity contribution < 1.29 is 9.52 Å². The van der Waals surface area contributed by atoms with Gasteiger partial charge in [-0.05, 0) is 55.7 Å². The molecule has 3 aliphatic heterocycles. The highest BCUT2D eigenvalue weighted by atomic mass is 16.3. The van der Waals surface area contributed by atoms with E-state index < -0.39 is 0 Å². The summed E-state index contributed by atoms with van der Waals surface area (Å²) in [6.45, 7) is 5.97. The minimum atomic E-state index is 0.347. The Balaban J connectivity index is 1.71. The second-order valence-corrected chi connectivity index (χ2v) is 8.19. The summed E-state index contributed by atoms with van der Waals surface area (Å²) in [4.78, 5) is 2.83. The number of hydrogen-bond acceptors (Lipinski definition) is 3. The topological polar surface area (TPSA) is 36.6 Å². The zero-order valence-corrected chi connectivity index (χ0v) is 14.7. The summed E-state index contributed by atoms with van der Waals surface area (Å²) < 4.78 is 6.41. The van der Waals surface area contributed by atoms with Crippen LogP contribution in [0.4, 0.5) is 0 Å². The second kappa shape index (κ2) is 5.26. The number of nitrogens with zero attached hydrogens (tertiary/aromatic N) is 1. The van der Waals surface area contributed by atoms with Gasteiger partial charge in [0.05, 0.1) is 0 Å². The van der Waals surface area contributed by atoms with Gasteiger partial charge in [0.25, 0.3) is 0 Å². The third-order valence-corrected chi connectivity index (χ3v) is 7.02. The van der Waals surface area contributed by atoms with Crippen LogP contribution in [-0.2, 0) is 6.42 Å². The third kappa shape index (κ3) is 1.94. The first-order valence-corrected chi connectivity index (χ1v) is 9.69. The molecule has 128 valence electrons. The van der Waals surface area contributed by atoms with Gasteiger partial charge in [-0.15, -0.1) is 0 Å². The fraction of sp³-hybridized carbons (Fsp3) is 0.619. The first kappa shape index (κ1) is 14.8. The summed E-state index contributed by atoms with van der Waals surface area (Å²) >= 11 is 0. The smallest absolute Gasteiger partial charge is 0.134 e. The Morgan fingerprint density at radius 3 is 2.88 bits per heavy atom. The van der Waals surface area contributed by atoms with Crippen LogP contribution in [0.5, 0.6) is 5.75 Å². The van der Waals surface area contributed by atoms with Crippen molar-refractivity contribution in [1.82, 2.24) is 4.90 Å². The lowest BCUT2D eigenvalue weighted by Gasteiger charge is -2.55. The molecule has 3 fully saturated rings. The number of hydrogen-bond donors (Lipinski definition) is 1. The molecule has 0 radical (unpaired) electrons. The molecule has 3 heteroatoms. The Kier molecular flexibility index (Phi) is 3.25. The second-order valence-electron chi connectivity index (χ2n) is 8.19. The minimum absolute atomic E-state index is 0.347. The SMILES string of the molecule is CC[C@H]1C[C@H]2C[C@H]3c4oc5ccc(O)cc5c4C[C@H](CC)N(C2)C13. The number of aromatic hydroxyl groups is 1. The van der Waals surface area contributed by atoms with E-state index in [1.54, 1.807) is 6.07 Å². The van der Waals surface area contributed by atoms with Gasteiger partial charge in [-0.2, -0.15) is 0 Å². The van der Waals surface area contributed by atoms with Gasteiger partial charge >= 0.3 is 0 Å². The molecular formula is C21H27NO2. The molecule has 2 saturated heterocycles. The van der Waals surface area contributed by atoms with Crippen LogP contribution in [-0.4, -0.2) is 28.6 Å². The third-order valence-electron chi connectivity index (χ3n) is 7.02. The highest BCUT2D eigenvalue weighted by Crippen LogP contribution is 2.53. The molecule has 0 amide bonds. The van der Waals surface area contributed by atoms with Gasteiger partial charge in [0.15, 0.2) is 0 Å². The van der Waals surface area contributed by atoms with E-state index in [0.717, 1.165) is 29.2 Å². The van der Waals surface area contributed by atoms with Crippen LogP contribution in [0.15, 0.2) is 22.6 Å². The summed E-state index contributed by atoms with van der Waals surface area (Å²) in [6, 6.07) is 6.86. The molecule has 4 heterocycles. The quantitative estimate of drug-likeness (QED) is 0.871. The molecule has 1 aromatic heterocycles. The number of piperidine rings is 2. The van der Waals surface area contributed by atoms with Crippen molar-refractivity contribution in [3.8, 4) is 5.75 Å². The molecule has 0 spiro atoms. The number of phenols is 1. The Labute approximate surface area is 143 Å². The standard InChI is InChI=1S/C21H27NO2/c1-3-13-7-12-8-18-20(13)22(11-12)14(4-2)9-17-16-10-15(23)5-6-19(16)24-21(17)18/h5-6,10,12-14,18,20,23H,3-4,7-9,11H2,1-2H3/t12-,13-,14-,18+,20?/m0/s1. The molecule has 4 bridgehead atoms. The van der Waals surface area contributed by atoms with Crippen molar-refractivity contribution in [2.75, 3.05) is 6.54 Å². The molecule has 3 nitrogen and oxygen atoms in total. The summed E-state index contributed by atoms with van der Waals surface area (Å²) in [5.74, 6) is 3.77. The number of benzene rings is 1. The van der Waals surface area contributed by atoms with Crippen molar-refractivity contribution in [3.05, 3.63) is 29.5 Å². The van der Waals surface area contributed by atoms with Crippen LogP contribution < -0.4 is 0 Å². The highest BCUT2D eigenvalue weighted by Gasteiger charge is 2.51. The average molecular weight is 325 g/mol. The van der Waals surface area contributed by atoms with Gasteiger partial charge in [-0.1, -0.05) is 20.3 Å². The van der Waals surface area contributed by atoms with Gasteiger partial charge in [0, 0.05) is 35.5 Å². The molecule has 6 rings (SSSR count). The van der Waals surface area contributed by atoms with Crippen molar-refractivity contribution in [2.24, 2.45) is 11.8 Å². The summed E-state index contributed by atoms with van der Waals surface area (Å²) in [6.07, 6.45) is 6.23. The number of rotatable bonds is 2. The van der Waals surface area contributed by atoms with Crippen LogP contribution in [0.1, 0.15) is 56.8 Å². The van der Waals surface area contributed by atoms with Crippen molar-refractivity contribution in [2.45, 2.75) is 64.0 Å². The highest BCUT2D eigenvalue weighted by molar-refractivity contribution is 5.84. The van der Waals surface area contributed by atoms with Gasteiger partial charge in [-0.25, -0.2) is 0 Å². The largest absolute Gasteiger partial charge is 0.508 e. The van der Waals surface area contributed by atoms with E-state index in [1.165, 1.54) is 43.6 Å². The van der Waals surface area contributed by atoms with Gasteiger partial charge in [0.2, 0.25) is 0 Å². The Morgan fingerprint density at radius 1 is 1.21 bits per heavy atom. The Hall–Kier alpha value is -1.48. The first-order chi connectivity index (χ1) is 11.7. The van der Waals surface area contributed by atoms with Crippen LogP contribution in [0.2, 0.25) is 0 Å². The number of furan rings is 1. The molecule has 1 aliphatic carbocycles. The fourth-order valence-electron chi connectivity index (χ4n) is 6.02. The van der Waals surface area contributed by atoms with E-state index in [-0.39, 0.29) is 0 Å². The molecule has 4 aliphatic rings. The van der Waals surface area contributed by atoms with E-state index >= 15 is 0 Å². The van der Waals surface area contributed by atoms with Crippen LogP contribution >= 0.6 is 0 Å². The normalized spacial score (nSPS) is 37.4. The molecule has 24 heavy (non-hydrogen) atoms. The zero-order chi connectivity index (χ0) is 16.4. The predicted molar refractivity (Wildman–Crippen MR) is 95.4 cm³/mol. The maximum Gasteiger partial charge on any atom is 0.134 e. The lowest BCUT2D eigenvalue weighted by Crippen LogP contribution is -2.59.